The first-order valence-corrected chi connectivity index (χ1v) is 9.15. The minimum absolute atomic E-state index is 0.202. The lowest BCUT2D eigenvalue weighted by atomic mass is 10.1. The Morgan fingerprint density at radius 1 is 1.12 bits per heavy atom. The Balaban J connectivity index is 2.09. The number of rotatable bonds is 8. The number of aliphatic hydroxyl groups excluding tert-OH is 1. The van der Waals surface area contributed by atoms with Crippen molar-refractivity contribution in [2.24, 2.45) is 0 Å². The van der Waals surface area contributed by atoms with Crippen LogP contribution in [0.15, 0.2) is 54.6 Å². The summed E-state index contributed by atoms with van der Waals surface area (Å²) in [4.78, 5) is 23.9. The third-order valence-electron chi connectivity index (χ3n) is 3.49. The maximum atomic E-state index is 12.5. The van der Waals surface area contributed by atoms with Crippen molar-refractivity contribution in [2.45, 2.75) is 12.5 Å². The molecule has 2 atom stereocenters. The van der Waals surface area contributed by atoms with Gasteiger partial charge in [-0.15, -0.1) is 4.52 Å². The van der Waals surface area contributed by atoms with Gasteiger partial charge in [0.15, 0.2) is 6.10 Å². The highest BCUT2D eigenvalue weighted by atomic mass is 31.1. The first-order chi connectivity index (χ1) is 12.5. The summed E-state index contributed by atoms with van der Waals surface area (Å²) in [5, 5.41) is 11.6. The van der Waals surface area contributed by atoms with Crippen LogP contribution in [-0.2, 0) is 25.0 Å². The van der Waals surface area contributed by atoms with Crippen LogP contribution in [-0.4, -0.2) is 36.5 Å². The van der Waals surface area contributed by atoms with Crippen LogP contribution >= 0.6 is 8.03 Å². The van der Waals surface area contributed by atoms with Crippen molar-refractivity contribution in [3.05, 3.63) is 65.7 Å². The lowest BCUT2D eigenvalue weighted by molar-refractivity contribution is -0.122. The number of ether oxygens (including phenoxy) is 1. The Morgan fingerprint density at radius 2 is 1.77 bits per heavy atom. The summed E-state index contributed by atoms with van der Waals surface area (Å²) in [7, 11) is -1.07. The maximum Gasteiger partial charge on any atom is 0.537 e. The highest BCUT2D eigenvalue weighted by molar-refractivity contribution is 7.38. The van der Waals surface area contributed by atoms with E-state index in [1.54, 1.807) is 12.1 Å². The van der Waals surface area contributed by atoms with Gasteiger partial charge in [0.05, 0.1) is 12.7 Å². The standard InChI is InChI=1S/C18H18NO6P/c1-24-18(22)14-7-9-15(10-8-14)19-17(21)16(25-26(23)12-20)11-13-5-3-2-4-6-13/h2-10,16,20H,11-12H2,1H3/p+1/t16-/m0/s1. The summed E-state index contributed by atoms with van der Waals surface area (Å²) in [5.41, 5.74) is 1.63. The number of benzene rings is 2. The van der Waals surface area contributed by atoms with Crippen LogP contribution in [0.4, 0.5) is 5.69 Å². The molecule has 1 amide bonds. The topological polar surface area (TPSA) is 102 Å². The van der Waals surface area contributed by atoms with Gasteiger partial charge in [0.1, 0.15) is 0 Å². The zero-order valence-electron chi connectivity index (χ0n) is 14.1. The quantitative estimate of drug-likeness (QED) is 0.543. The minimum Gasteiger partial charge on any atom is -0.465 e. The number of carbonyl (C=O) groups excluding carboxylic acids is 2. The van der Waals surface area contributed by atoms with Crippen molar-refractivity contribution < 1.29 is 28.5 Å². The first kappa shape index (κ1) is 19.7. The fourth-order valence-electron chi connectivity index (χ4n) is 2.21. The van der Waals surface area contributed by atoms with Crippen molar-refractivity contribution in [3.63, 3.8) is 0 Å². The van der Waals surface area contributed by atoms with Gasteiger partial charge < -0.3 is 15.2 Å². The molecule has 0 aliphatic rings. The lowest BCUT2D eigenvalue weighted by Crippen LogP contribution is -2.31. The van der Waals surface area contributed by atoms with Crippen LogP contribution in [0.25, 0.3) is 0 Å². The molecule has 0 spiro atoms. The Hall–Kier alpha value is -2.60. The SMILES string of the molecule is COC(=O)c1ccc(NC(=O)[C@H](Cc2ccccc2)O[P+](=O)CO)cc1. The van der Waals surface area contributed by atoms with E-state index in [9.17, 15) is 14.2 Å². The van der Waals surface area contributed by atoms with Gasteiger partial charge in [0.25, 0.3) is 12.3 Å². The van der Waals surface area contributed by atoms with Gasteiger partial charge in [0, 0.05) is 12.1 Å². The molecule has 2 N–H and O–H groups in total. The van der Waals surface area contributed by atoms with Crippen molar-refractivity contribution in [1.82, 2.24) is 0 Å². The molecular formula is C18H19NO6P+. The number of carbonyl (C=O) groups is 2. The summed E-state index contributed by atoms with van der Waals surface area (Å²) in [6.07, 6.45) is -1.50. The summed E-state index contributed by atoms with van der Waals surface area (Å²) >= 11 is 0. The Bertz CT molecular complexity index is 763. The number of anilines is 1. The molecule has 0 fully saturated rings. The van der Waals surface area contributed by atoms with Gasteiger partial charge in [-0.25, -0.2) is 4.79 Å². The first-order valence-electron chi connectivity index (χ1n) is 7.79. The van der Waals surface area contributed by atoms with E-state index < -0.39 is 32.4 Å². The summed E-state index contributed by atoms with van der Waals surface area (Å²) in [5.74, 6) is -0.982. The molecule has 2 rings (SSSR count). The van der Waals surface area contributed by atoms with Crippen LogP contribution in [0.3, 0.4) is 0 Å². The van der Waals surface area contributed by atoms with Gasteiger partial charge in [-0.1, -0.05) is 30.3 Å². The zero-order chi connectivity index (χ0) is 18.9. The lowest BCUT2D eigenvalue weighted by Gasteiger charge is -2.12. The van der Waals surface area contributed by atoms with Crippen molar-refractivity contribution in [2.75, 3.05) is 18.8 Å². The second-order valence-corrected chi connectivity index (χ2v) is 6.48. The van der Waals surface area contributed by atoms with Gasteiger partial charge in [-0.2, -0.15) is 0 Å². The highest BCUT2D eigenvalue weighted by Crippen LogP contribution is 2.25. The zero-order valence-corrected chi connectivity index (χ0v) is 15.0. The van der Waals surface area contributed by atoms with Gasteiger partial charge in [0.2, 0.25) is 0 Å². The Labute approximate surface area is 151 Å². The van der Waals surface area contributed by atoms with E-state index >= 15 is 0 Å². The number of amides is 1. The molecule has 0 bridgehead atoms. The van der Waals surface area contributed by atoms with Crippen molar-refractivity contribution in [3.8, 4) is 0 Å². The van der Waals surface area contributed by atoms with Crippen molar-refractivity contribution in [1.29, 1.82) is 0 Å². The molecule has 7 nitrogen and oxygen atoms in total. The summed E-state index contributed by atoms with van der Waals surface area (Å²) in [6, 6.07) is 15.3. The van der Waals surface area contributed by atoms with Crippen molar-refractivity contribution >= 4 is 25.6 Å². The Morgan fingerprint density at radius 3 is 2.35 bits per heavy atom. The molecule has 0 radical (unpaired) electrons. The molecule has 0 saturated heterocycles. The third-order valence-corrected chi connectivity index (χ3v) is 4.21. The van der Waals surface area contributed by atoms with Crippen LogP contribution in [0, 0.1) is 0 Å². The van der Waals surface area contributed by atoms with E-state index in [0.29, 0.717) is 11.3 Å². The van der Waals surface area contributed by atoms with Gasteiger partial charge in [-0.05, 0) is 34.4 Å². The van der Waals surface area contributed by atoms with E-state index in [4.69, 9.17) is 9.63 Å². The minimum atomic E-state index is -2.35. The number of hydrogen-bond donors (Lipinski definition) is 2. The number of methoxy groups -OCH3 is 1. The van der Waals surface area contributed by atoms with E-state index in [1.165, 1.54) is 19.2 Å². The largest absolute Gasteiger partial charge is 0.537 e. The molecule has 2 aromatic rings. The maximum absolute atomic E-state index is 12.5. The molecule has 0 saturated carbocycles. The van der Waals surface area contributed by atoms with E-state index in [1.807, 2.05) is 30.3 Å². The fraction of sp³-hybridized carbons (Fsp3) is 0.222. The van der Waals surface area contributed by atoms with Crippen LogP contribution < -0.4 is 5.32 Å². The fourth-order valence-corrected chi connectivity index (χ4v) is 2.73. The van der Waals surface area contributed by atoms with Crippen LogP contribution in [0.5, 0.6) is 0 Å². The van der Waals surface area contributed by atoms with Crippen LogP contribution in [0.2, 0.25) is 0 Å². The van der Waals surface area contributed by atoms with E-state index in [0.717, 1.165) is 5.56 Å². The second-order valence-electron chi connectivity index (χ2n) is 5.32. The molecule has 0 aliphatic carbocycles. The molecule has 2 aromatic carbocycles. The predicted molar refractivity (Wildman–Crippen MR) is 96.1 cm³/mol. The predicted octanol–water partition coefficient (Wildman–Crippen LogP) is 2.73. The molecule has 26 heavy (non-hydrogen) atoms. The molecular weight excluding hydrogens is 357 g/mol. The molecule has 8 heteroatoms. The normalized spacial score (nSPS) is 12.2. The van der Waals surface area contributed by atoms with Gasteiger partial charge in [-0.3, -0.25) is 4.79 Å². The second kappa shape index (κ2) is 9.77. The van der Waals surface area contributed by atoms with E-state index in [-0.39, 0.29) is 6.42 Å². The highest BCUT2D eigenvalue weighted by Gasteiger charge is 2.30. The third kappa shape index (κ3) is 5.74. The number of nitrogens with one attached hydrogen (secondary N) is 1. The Kier molecular flexibility index (Phi) is 7.41. The average Bonchev–Trinajstić information content (AvgIpc) is 2.68. The number of esters is 1. The number of aliphatic hydroxyl groups is 1. The average molecular weight is 376 g/mol. The molecule has 0 heterocycles. The van der Waals surface area contributed by atoms with Gasteiger partial charge >= 0.3 is 14.0 Å². The number of hydrogen-bond acceptors (Lipinski definition) is 6. The van der Waals surface area contributed by atoms with E-state index in [2.05, 4.69) is 10.1 Å². The summed E-state index contributed by atoms with van der Waals surface area (Å²) in [6.45, 7) is 0. The van der Waals surface area contributed by atoms with Crippen LogP contribution in [0.1, 0.15) is 15.9 Å². The molecule has 0 aliphatic heterocycles. The molecule has 1 unspecified atom stereocenters. The monoisotopic (exact) mass is 376 g/mol. The smallest absolute Gasteiger partial charge is 0.465 e. The molecule has 136 valence electrons. The molecule has 0 aromatic heterocycles. The summed E-state index contributed by atoms with van der Waals surface area (Å²) < 4.78 is 21.4.